The van der Waals surface area contributed by atoms with Crippen LogP contribution in [-0.2, 0) is 16.0 Å². The van der Waals surface area contributed by atoms with Crippen molar-refractivity contribution in [3.63, 3.8) is 0 Å². The monoisotopic (exact) mass is 339 g/mol. The third kappa shape index (κ3) is 5.03. The maximum atomic E-state index is 11.5. The third-order valence-electron chi connectivity index (χ3n) is 4.28. The van der Waals surface area contributed by atoms with E-state index in [4.69, 9.17) is 24.7 Å². The summed E-state index contributed by atoms with van der Waals surface area (Å²) in [5.41, 5.74) is 6.92. The summed E-state index contributed by atoms with van der Waals surface area (Å²) in [6.45, 7) is 2.10. The Morgan fingerprint density at radius 3 is 2.25 bits per heavy atom. The van der Waals surface area contributed by atoms with Crippen molar-refractivity contribution in [2.45, 2.75) is 38.6 Å². The average molecular weight is 339 g/mol. The van der Waals surface area contributed by atoms with E-state index in [1.54, 1.807) is 21.3 Å². The summed E-state index contributed by atoms with van der Waals surface area (Å²) in [6, 6.07) is 3.28. The molecule has 0 aliphatic heterocycles. The van der Waals surface area contributed by atoms with Crippen molar-refractivity contribution >= 4 is 5.97 Å². The standard InChI is InChI=1S/C18H29NO5/c1-6-12(11-14(19)18(20)24-5)7-8-13-9-10-15(21-2)17(23-4)16(13)22-3/h9-10,12,14H,6-8,11,19H2,1-5H3. The van der Waals surface area contributed by atoms with Crippen LogP contribution in [0, 0.1) is 5.92 Å². The number of benzene rings is 1. The van der Waals surface area contributed by atoms with Crippen LogP contribution in [0.5, 0.6) is 17.2 Å². The highest BCUT2D eigenvalue weighted by molar-refractivity contribution is 5.75. The van der Waals surface area contributed by atoms with Gasteiger partial charge in [-0.2, -0.15) is 0 Å². The summed E-state index contributed by atoms with van der Waals surface area (Å²) in [6.07, 6.45) is 3.25. The number of esters is 1. The molecule has 0 amide bonds. The first kappa shape index (κ1) is 20.1. The second-order valence-corrected chi connectivity index (χ2v) is 5.67. The zero-order valence-corrected chi connectivity index (χ0v) is 15.3. The Kier molecular flexibility index (Phi) is 8.40. The molecule has 0 spiro atoms. The molecule has 2 N–H and O–H groups in total. The summed E-state index contributed by atoms with van der Waals surface area (Å²) in [5.74, 6) is 1.88. The molecule has 0 aliphatic rings. The first-order valence-electron chi connectivity index (χ1n) is 8.13. The normalized spacial score (nSPS) is 13.1. The van der Waals surface area contributed by atoms with E-state index in [2.05, 4.69) is 6.92 Å². The molecule has 1 rings (SSSR count). The topological polar surface area (TPSA) is 80.0 Å². The van der Waals surface area contributed by atoms with Gasteiger partial charge in [-0.05, 0) is 36.8 Å². The van der Waals surface area contributed by atoms with Crippen molar-refractivity contribution in [3.05, 3.63) is 17.7 Å². The van der Waals surface area contributed by atoms with Crippen LogP contribution in [0.3, 0.4) is 0 Å². The zero-order valence-electron chi connectivity index (χ0n) is 15.3. The number of carbonyl (C=O) groups excluding carboxylic acids is 1. The lowest BCUT2D eigenvalue weighted by Crippen LogP contribution is -2.33. The number of nitrogens with two attached hydrogens (primary N) is 1. The van der Waals surface area contributed by atoms with Gasteiger partial charge in [-0.25, -0.2) is 0 Å². The molecule has 2 atom stereocenters. The molecule has 1 aromatic carbocycles. The Hall–Kier alpha value is -1.95. The lowest BCUT2D eigenvalue weighted by Gasteiger charge is -2.20. The molecule has 0 saturated carbocycles. The van der Waals surface area contributed by atoms with Crippen molar-refractivity contribution in [2.75, 3.05) is 28.4 Å². The number of rotatable bonds is 10. The molecule has 24 heavy (non-hydrogen) atoms. The Bertz CT molecular complexity index is 532. The van der Waals surface area contributed by atoms with E-state index in [0.29, 0.717) is 29.6 Å². The molecule has 0 bridgehead atoms. The molecule has 136 valence electrons. The predicted molar refractivity (Wildman–Crippen MR) is 92.8 cm³/mol. The molecule has 0 aliphatic carbocycles. The van der Waals surface area contributed by atoms with Gasteiger partial charge in [0.15, 0.2) is 11.5 Å². The summed E-state index contributed by atoms with van der Waals surface area (Å²) in [4.78, 5) is 11.5. The molecule has 2 unspecified atom stereocenters. The average Bonchev–Trinajstić information content (AvgIpc) is 2.62. The smallest absolute Gasteiger partial charge is 0.322 e. The second kappa shape index (κ2) is 10.0. The lowest BCUT2D eigenvalue weighted by molar-refractivity contribution is -0.142. The highest BCUT2D eigenvalue weighted by Crippen LogP contribution is 2.40. The molecule has 0 fully saturated rings. The van der Waals surface area contributed by atoms with Gasteiger partial charge in [0.25, 0.3) is 0 Å². The summed E-state index contributed by atoms with van der Waals surface area (Å²) < 4.78 is 20.9. The summed E-state index contributed by atoms with van der Waals surface area (Å²) >= 11 is 0. The van der Waals surface area contributed by atoms with E-state index in [1.165, 1.54) is 7.11 Å². The van der Waals surface area contributed by atoms with E-state index in [1.807, 2.05) is 12.1 Å². The minimum absolute atomic E-state index is 0.330. The van der Waals surface area contributed by atoms with E-state index in [0.717, 1.165) is 24.8 Å². The largest absolute Gasteiger partial charge is 0.493 e. The minimum atomic E-state index is -0.577. The van der Waals surface area contributed by atoms with Gasteiger partial charge in [0, 0.05) is 0 Å². The van der Waals surface area contributed by atoms with E-state index in [-0.39, 0.29) is 5.97 Å². The van der Waals surface area contributed by atoms with Gasteiger partial charge in [-0.15, -0.1) is 0 Å². The number of hydrogen-bond acceptors (Lipinski definition) is 6. The third-order valence-corrected chi connectivity index (χ3v) is 4.28. The van der Waals surface area contributed by atoms with Crippen LogP contribution in [0.1, 0.15) is 31.7 Å². The molecule has 6 heteroatoms. The molecular formula is C18H29NO5. The Morgan fingerprint density at radius 1 is 1.08 bits per heavy atom. The Morgan fingerprint density at radius 2 is 1.75 bits per heavy atom. The zero-order chi connectivity index (χ0) is 18.1. The molecule has 0 heterocycles. The van der Waals surface area contributed by atoms with E-state index >= 15 is 0 Å². The Labute approximate surface area is 144 Å². The molecule has 1 aromatic rings. The summed E-state index contributed by atoms with van der Waals surface area (Å²) in [7, 11) is 6.16. The maximum absolute atomic E-state index is 11.5. The van der Waals surface area contributed by atoms with Crippen molar-refractivity contribution in [1.82, 2.24) is 0 Å². The van der Waals surface area contributed by atoms with Gasteiger partial charge < -0.3 is 24.7 Å². The number of hydrogen-bond donors (Lipinski definition) is 1. The molecular weight excluding hydrogens is 310 g/mol. The first-order chi connectivity index (χ1) is 11.5. The van der Waals surface area contributed by atoms with Gasteiger partial charge >= 0.3 is 5.97 Å². The SMILES string of the molecule is CCC(CCc1ccc(OC)c(OC)c1OC)CC(N)C(=O)OC. The van der Waals surface area contributed by atoms with Crippen LogP contribution in [0.25, 0.3) is 0 Å². The van der Waals surface area contributed by atoms with Crippen LogP contribution >= 0.6 is 0 Å². The van der Waals surface area contributed by atoms with Crippen LogP contribution in [-0.4, -0.2) is 40.5 Å². The quantitative estimate of drug-likeness (QED) is 0.660. The second-order valence-electron chi connectivity index (χ2n) is 5.67. The molecule has 0 radical (unpaired) electrons. The van der Waals surface area contributed by atoms with Gasteiger partial charge in [0.2, 0.25) is 5.75 Å². The summed E-state index contributed by atoms with van der Waals surface area (Å²) in [5, 5.41) is 0. The maximum Gasteiger partial charge on any atom is 0.322 e. The molecule has 0 aromatic heterocycles. The van der Waals surface area contributed by atoms with Crippen LogP contribution < -0.4 is 19.9 Å². The number of aryl methyl sites for hydroxylation is 1. The minimum Gasteiger partial charge on any atom is -0.493 e. The van der Waals surface area contributed by atoms with Crippen LogP contribution in [0.15, 0.2) is 12.1 Å². The van der Waals surface area contributed by atoms with E-state index < -0.39 is 6.04 Å². The van der Waals surface area contributed by atoms with Crippen molar-refractivity contribution in [1.29, 1.82) is 0 Å². The molecule has 6 nitrogen and oxygen atoms in total. The fraction of sp³-hybridized carbons (Fsp3) is 0.611. The number of methoxy groups -OCH3 is 4. The van der Waals surface area contributed by atoms with Crippen molar-refractivity contribution < 1.29 is 23.7 Å². The fourth-order valence-electron chi connectivity index (χ4n) is 2.82. The first-order valence-corrected chi connectivity index (χ1v) is 8.13. The number of carbonyl (C=O) groups is 1. The highest BCUT2D eigenvalue weighted by Gasteiger charge is 2.21. The Balaban J connectivity index is 2.83. The number of ether oxygens (including phenoxy) is 4. The van der Waals surface area contributed by atoms with Crippen molar-refractivity contribution in [2.24, 2.45) is 11.7 Å². The van der Waals surface area contributed by atoms with E-state index in [9.17, 15) is 4.79 Å². The lowest BCUT2D eigenvalue weighted by atomic mass is 9.91. The predicted octanol–water partition coefficient (Wildman–Crippen LogP) is 2.56. The van der Waals surface area contributed by atoms with Crippen LogP contribution in [0.4, 0.5) is 0 Å². The van der Waals surface area contributed by atoms with Gasteiger partial charge in [-0.3, -0.25) is 4.79 Å². The van der Waals surface area contributed by atoms with Gasteiger partial charge in [0.1, 0.15) is 6.04 Å². The van der Waals surface area contributed by atoms with Gasteiger partial charge in [0.05, 0.1) is 28.4 Å². The van der Waals surface area contributed by atoms with Gasteiger partial charge in [-0.1, -0.05) is 19.4 Å². The van der Waals surface area contributed by atoms with Crippen LogP contribution in [0.2, 0.25) is 0 Å². The van der Waals surface area contributed by atoms with Crippen molar-refractivity contribution in [3.8, 4) is 17.2 Å². The molecule has 0 saturated heterocycles. The fourth-order valence-corrected chi connectivity index (χ4v) is 2.82. The highest BCUT2D eigenvalue weighted by atomic mass is 16.5.